The number of hydrogen-bond donors (Lipinski definition) is 0. The van der Waals surface area contributed by atoms with Crippen LogP contribution in [0.2, 0.25) is 0 Å². The summed E-state index contributed by atoms with van der Waals surface area (Å²) in [5.41, 5.74) is 0.930. The minimum Gasteiger partial charge on any atom is -0.497 e. The molecule has 0 radical (unpaired) electrons. The molecule has 0 N–H and O–H groups in total. The smallest absolute Gasteiger partial charge is 0.264 e. The Kier molecular flexibility index (Phi) is 8.18. The molecule has 3 rings (SSSR count). The number of anilines is 1. The predicted molar refractivity (Wildman–Crippen MR) is 130 cm³/mol. The Morgan fingerprint density at radius 1 is 0.857 bits per heavy atom. The zero-order valence-electron chi connectivity index (χ0n) is 19.9. The summed E-state index contributed by atoms with van der Waals surface area (Å²) in [6.45, 7) is -0.275. The molecule has 0 heterocycles. The molecule has 0 aliphatic rings. The number of hydrogen-bond acceptors (Lipinski definition) is 6. The quantitative estimate of drug-likeness (QED) is 0.420. The SMILES string of the molecule is COc1ccc(S(=O)(=O)N(CC(=O)N(C)Cc2ccc(OC)c(OC)c2)c2ccc(F)cc2)cc1. The molecule has 0 aromatic heterocycles. The van der Waals surface area contributed by atoms with Crippen molar-refractivity contribution in [2.75, 3.05) is 39.2 Å². The van der Waals surface area contributed by atoms with Crippen molar-refractivity contribution in [2.24, 2.45) is 0 Å². The van der Waals surface area contributed by atoms with E-state index in [2.05, 4.69) is 0 Å². The van der Waals surface area contributed by atoms with E-state index in [1.807, 2.05) is 0 Å². The molecule has 0 spiro atoms. The molecule has 0 atom stereocenters. The van der Waals surface area contributed by atoms with E-state index in [1.165, 1.54) is 62.6 Å². The molecule has 0 bridgehead atoms. The van der Waals surface area contributed by atoms with Gasteiger partial charge in [0.15, 0.2) is 11.5 Å². The van der Waals surface area contributed by atoms with Gasteiger partial charge in [0.05, 0.1) is 31.9 Å². The van der Waals surface area contributed by atoms with E-state index in [-0.39, 0.29) is 17.1 Å². The monoisotopic (exact) mass is 502 g/mol. The standard InChI is InChI=1S/C25H27FN2O6S/c1-27(16-18-5-14-23(33-3)24(15-18)34-4)25(29)17-28(20-8-6-19(26)7-9-20)35(30,31)22-12-10-21(32-2)11-13-22/h5-15H,16-17H2,1-4H3. The van der Waals surface area contributed by atoms with Crippen molar-refractivity contribution in [3.05, 3.63) is 78.1 Å². The van der Waals surface area contributed by atoms with Gasteiger partial charge in [0, 0.05) is 13.6 Å². The topological polar surface area (TPSA) is 85.4 Å². The first-order valence-electron chi connectivity index (χ1n) is 10.6. The molecule has 0 saturated heterocycles. The van der Waals surface area contributed by atoms with E-state index in [0.717, 1.165) is 22.0 Å². The minimum absolute atomic E-state index is 0.0297. The van der Waals surface area contributed by atoms with E-state index in [0.29, 0.717) is 17.2 Å². The van der Waals surface area contributed by atoms with Crippen molar-refractivity contribution in [2.45, 2.75) is 11.4 Å². The number of methoxy groups -OCH3 is 3. The van der Waals surface area contributed by atoms with Gasteiger partial charge in [0.2, 0.25) is 5.91 Å². The summed E-state index contributed by atoms with van der Waals surface area (Å²) >= 11 is 0. The van der Waals surface area contributed by atoms with Crippen molar-refractivity contribution < 1.29 is 31.8 Å². The summed E-state index contributed by atoms with van der Waals surface area (Å²) in [5.74, 6) is 0.579. The van der Waals surface area contributed by atoms with Crippen LogP contribution < -0.4 is 18.5 Å². The highest BCUT2D eigenvalue weighted by Crippen LogP contribution is 2.29. The summed E-state index contributed by atoms with van der Waals surface area (Å²) in [6.07, 6.45) is 0. The Hall–Kier alpha value is -3.79. The minimum atomic E-state index is -4.14. The molecule has 3 aromatic carbocycles. The highest BCUT2D eigenvalue weighted by molar-refractivity contribution is 7.92. The van der Waals surface area contributed by atoms with Crippen LogP contribution in [0.4, 0.5) is 10.1 Å². The van der Waals surface area contributed by atoms with E-state index < -0.39 is 28.3 Å². The number of sulfonamides is 1. The van der Waals surface area contributed by atoms with Gasteiger partial charge in [-0.1, -0.05) is 6.07 Å². The third-order valence-electron chi connectivity index (χ3n) is 5.33. The average molecular weight is 503 g/mol. The maximum Gasteiger partial charge on any atom is 0.264 e. The van der Waals surface area contributed by atoms with E-state index >= 15 is 0 Å². The second kappa shape index (κ2) is 11.1. The number of benzene rings is 3. The van der Waals surface area contributed by atoms with Crippen molar-refractivity contribution in [3.63, 3.8) is 0 Å². The summed E-state index contributed by atoms with van der Waals surface area (Å²) < 4.78 is 57.1. The van der Waals surface area contributed by atoms with Gasteiger partial charge >= 0.3 is 0 Å². The molecular formula is C25H27FN2O6S. The Bertz CT molecular complexity index is 1260. The lowest BCUT2D eigenvalue weighted by atomic mass is 10.2. The van der Waals surface area contributed by atoms with Gasteiger partial charge < -0.3 is 19.1 Å². The molecule has 10 heteroatoms. The third-order valence-corrected chi connectivity index (χ3v) is 7.12. The summed E-state index contributed by atoms with van der Waals surface area (Å²) in [7, 11) is 1.95. The normalized spacial score (nSPS) is 11.0. The van der Waals surface area contributed by atoms with Crippen molar-refractivity contribution in [1.82, 2.24) is 4.90 Å². The first-order valence-corrected chi connectivity index (χ1v) is 12.0. The molecule has 0 aliphatic heterocycles. The van der Waals surface area contributed by atoms with Gasteiger partial charge in [-0.2, -0.15) is 0 Å². The van der Waals surface area contributed by atoms with Crippen molar-refractivity contribution in [1.29, 1.82) is 0 Å². The predicted octanol–water partition coefficient (Wildman–Crippen LogP) is 3.71. The van der Waals surface area contributed by atoms with Crippen molar-refractivity contribution in [3.8, 4) is 17.2 Å². The lowest BCUT2D eigenvalue weighted by molar-refractivity contribution is -0.128. The Balaban J connectivity index is 1.88. The van der Waals surface area contributed by atoms with E-state index in [4.69, 9.17) is 14.2 Å². The summed E-state index contributed by atoms with van der Waals surface area (Å²) in [4.78, 5) is 14.5. The fourth-order valence-electron chi connectivity index (χ4n) is 3.38. The fourth-order valence-corrected chi connectivity index (χ4v) is 4.80. The lowest BCUT2D eigenvalue weighted by Gasteiger charge is -2.27. The van der Waals surface area contributed by atoms with Gasteiger partial charge in [0.1, 0.15) is 18.1 Å². The number of nitrogens with zero attached hydrogens (tertiary/aromatic N) is 2. The Morgan fingerprint density at radius 3 is 2.06 bits per heavy atom. The Labute approximate surface area is 204 Å². The first-order chi connectivity index (χ1) is 16.7. The van der Waals surface area contributed by atoms with Crippen LogP contribution in [0, 0.1) is 5.82 Å². The van der Waals surface area contributed by atoms with Gasteiger partial charge in [-0.3, -0.25) is 9.10 Å². The second-order valence-corrected chi connectivity index (χ2v) is 9.47. The van der Waals surface area contributed by atoms with Gasteiger partial charge in [0.25, 0.3) is 10.0 Å². The summed E-state index contributed by atoms with van der Waals surface area (Å²) in [6, 6.07) is 16.0. The van der Waals surface area contributed by atoms with Crippen molar-refractivity contribution >= 4 is 21.6 Å². The number of halogens is 1. The molecule has 0 fully saturated rings. The molecule has 186 valence electrons. The van der Waals surface area contributed by atoms with Crippen LogP contribution in [-0.4, -0.2) is 54.1 Å². The molecule has 0 aliphatic carbocycles. The molecule has 0 saturated carbocycles. The lowest BCUT2D eigenvalue weighted by Crippen LogP contribution is -2.41. The molecule has 0 unspecified atom stereocenters. The molecular weight excluding hydrogens is 475 g/mol. The van der Waals surface area contributed by atoms with E-state index in [1.54, 1.807) is 25.2 Å². The maximum absolute atomic E-state index is 13.5. The number of carbonyl (C=O) groups excluding carboxylic acids is 1. The molecule has 8 nitrogen and oxygen atoms in total. The van der Waals surface area contributed by atoms with Crippen LogP contribution >= 0.6 is 0 Å². The Morgan fingerprint density at radius 2 is 1.49 bits per heavy atom. The van der Waals surface area contributed by atoms with Crippen LogP contribution in [0.25, 0.3) is 0 Å². The number of rotatable bonds is 10. The largest absolute Gasteiger partial charge is 0.497 e. The maximum atomic E-state index is 13.5. The van der Waals surface area contributed by atoms with Gasteiger partial charge in [-0.25, -0.2) is 12.8 Å². The number of carbonyl (C=O) groups is 1. The summed E-state index contributed by atoms with van der Waals surface area (Å²) in [5, 5.41) is 0. The van der Waals surface area contributed by atoms with Gasteiger partial charge in [-0.15, -0.1) is 0 Å². The molecule has 35 heavy (non-hydrogen) atoms. The first kappa shape index (κ1) is 25.8. The zero-order valence-corrected chi connectivity index (χ0v) is 20.7. The zero-order chi connectivity index (χ0) is 25.6. The van der Waals surface area contributed by atoms with Crippen LogP contribution in [0.1, 0.15) is 5.56 Å². The van der Waals surface area contributed by atoms with E-state index in [9.17, 15) is 17.6 Å². The van der Waals surface area contributed by atoms with Crippen LogP contribution in [0.15, 0.2) is 71.6 Å². The highest BCUT2D eigenvalue weighted by atomic mass is 32.2. The average Bonchev–Trinajstić information content (AvgIpc) is 2.87. The fraction of sp³-hybridized carbons (Fsp3) is 0.240. The highest BCUT2D eigenvalue weighted by Gasteiger charge is 2.28. The van der Waals surface area contributed by atoms with Crippen LogP contribution in [0.5, 0.6) is 17.2 Å². The third kappa shape index (κ3) is 6.02. The number of likely N-dealkylation sites (N-methyl/N-ethyl adjacent to an activating group) is 1. The van der Waals surface area contributed by atoms with Crippen LogP contribution in [-0.2, 0) is 21.4 Å². The molecule has 1 amide bonds. The molecule has 3 aromatic rings. The van der Waals surface area contributed by atoms with Gasteiger partial charge in [-0.05, 0) is 66.2 Å². The second-order valence-electron chi connectivity index (χ2n) is 7.60. The number of amides is 1. The van der Waals surface area contributed by atoms with Crippen LogP contribution in [0.3, 0.4) is 0 Å². The number of ether oxygens (including phenoxy) is 3.